The van der Waals surface area contributed by atoms with Crippen molar-refractivity contribution in [3.05, 3.63) is 77.7 Å². The summed E-state index contributed by atoms with van der Waals surface area (Å²) in [5.74, 6) is -2.59. The Morgan fingerprint density at radius 1 is 1.00 bits per heavy atom. The number of aromatic carboxylic acids is 1. The highest BCUT2D eigenvalue weighted by Crippen LogP contribution is 2.72. The lowest BCUT2D eigenvalue weighted by molar-refractivity contribution is -0.248. The van der Waals surface area contributed by atoms with Crippen LogP contribution in [0.4, 0.5) is 15.6 Å². The van der Waals surface area contributed by atoms with E-state index in [1.807, 2.05) is 60.1 Å². The summed E-state index contributed by atoms with van der Waals surface area (Å²) in [6.07, 6.45) is 9.00. The first-order chi connectivity index (χ1) is 30.2. The number of benzene rings is 2. The maximum absolute atomic E-state index is 13.7. The third-order valence-corrected chi connectivity index (χ3v) is 15.5. The number of pyridine rings is 1. The van der Waals surface area contributed by atoms with Gasteiger partial charge >= 0.3 is 12.0 Å². The quantitative estimate of drug-likeness (QED) is 0.0875. The van der Waals surface area contributed by atoms with Crippen molar-refractivity contribution in [1.82, 2.24) is 24.6 Å². The Labute approximate surface area is 376 Å². The summed E-state index contributed by atoms with van der Waals surface area (Å²) in [7, 11) is -2.86. The number of fused-ring (bicyclic) bond motifs is 2. The van der Waals surface area contributed by atoms with Crippen LogP contribution in [0.15, 0.2) is 60.8 Å². The minimum Gasteiger partial charge on any atom is -0.476 e. The molecule has 18 heteroatoms. The third kappa shape index (κ3) is 8.53. The standard InChI is InChI=1S/C46H54N8O8S2/c1-28-32(19-48-54(28)27-45-22-43(2)21-44(3,23-45)25-46(24-43,26-45)62-17-16-52(4)39(55)33(47)20-64(59,60)61)31-13-14-34(49-38(31)40(56)57)30-12-11-29-8-7-15-53(36(29)18-30)42(58)51-41-50-35-9-5-6-10-37(35)63-41/h5-6,9-14,18-19,33H,7-8,15-17,20-27,47H2,1-4H3,(H,56,57)(H,50,51,58)(H,59,60,61)/t33-,43?,44?,45?,46?/m0/s1. The molecule has 0 radical (unpaired) electrons. The number of nitrogens with two attached hydrogens (primary N) is 1. The summed E-state index contributed by atoms with van der Waals surface area (Å²) >= 11 is 1.42. The SMILES string of the molecule is Cc1c(-c2ccc(-c3ccc4c(c3)N(C(=O)Nc3nc5ccccc5s3)CCC4)nc2C(=O)O)cnn1CC12CC3(C)CC(C)(C1)CC(OCCN(C)C(=O)[C@@H](N)CS(=O)(=O)O)(C3)C2. The Morgan fingerprint density at radius 3 is 2.47 bits per heavy atom. The molecular formula is C46H54N8O8S2. The summed E-state index contributed by atoms with van der Waals surface area (Å²) in [4.78, 5) is 51.7. The topological polar surface area (TPSA) is 223 Å². The summed E-state index contributed by atoms with van der Waals surface area (Å²) in [6.45, 7) is 8.27. The molecule has 64 heavy (non-hydrogen) atoms. The average molecular weight is 911 g/mol. The first kappa shape index (κ1) is 44.0. The van der Waals surface area contributed by atoms with Crippen LogP contribution in [0.1, 0.15) is 80.5 Å². The predicted octanol–water partition coefficient (Wildman–Crippen LogP) is 7.02. The van der Waals surface area contributed by atoms with Crippen LogP contribution in [-0.4, -0.2) is 105 Å². The second-order valence-corrected chi connectivity index (χ2v) is 22.1. The molecule has 10 rings (SSSR count). The molecule has 4 heterocycles. The number of rotatable bonds is 13. The van der Waals surface area contributed by atoms with Gasteiger partial charge in [-0.25, -0.2) is 19.6 Å². The van der Waals surface area contributed by atoms with E-state index in [1.165, 1.54) is 16.2 Å². The molecule has 16 nitrogen and oxygen atoms in total. The maximum Gasteiger partial charge on any atom is 0.355 e. The third-order valence-electron chi connectivity index (χ3n) is 13.8. The van der Waals surface area contributed by atoms with Crippen LogP contribution in [0.2, 0.25) is 0 Å². The van der Waals surface area contributed by atoms with Crippen molar-refractivity contribution in [2.45, 2.75) is 90.3 Å². The monoisotopic (exact) mass is 910 g/mol. The summed E-state index contributed by atoms with van der Waals surface area (Å²) in [5, 5.41) is 18.9. The minimum absolute atomic E-state index is 0.0249. The molecular weight excluding hydrogens is 857 g/mol. The molecule has 2 unspecified atom stereocenters. The molecule has 1 aliphatic heterocycles. The van der Waals surface area contributed by atoms with E-state index in [0.29, 0.717) is 40.6 Å². The Balaban J connectivity index is 0.931. The molecule has 4 aliphatic carbocycles. The van der Waals surface area contributed by atoms with Gasteiger partial charge in [-0.05, 0) is 110 Å². The predicted molar refractivity (Wildman–Crippen MR) is 244 cm³/mol. The Kier molecular flexibility index (Phi) is 11.0. The number of carbonyl (C=O) groups is 3. The number of carbonyl (C=O) groups excluding carboxylic acids is 2. The Bertz CT molecular complexity index is 2750. The normalized spacial score (nSPS) is 25.3. The van der Waals surface area contributed by atoms with Crippen molar-refractivity contribution in [2.75, 3.05) is 42.7 Å². The van der Waals surface area contributed by atoms with E-state index in [0.717, 1.165) is 78.5 Å². The van der Waals surface area contributed by atoms with Gasteiger partial charge in [0.15, 0.2) is 10.8 Å². The number of aryl methyl sites for hydroxylation is 1. The summed E-state index contributed by atoms with van der Waals surface area (Å²) < 4.78 is 41.6. The van der Waals surface area contributed by atoms with Crippen molar-refractivity contribution < 1.29 is 37.2 Å². The number of aromatic nitrogens is 4. The van der Waals surface area contributed by atoms with Crippen LogP contribution >= 0.6 is 11.3 Å². The molecule has 3 atom stereocenters. The van der Waals surface area contributed by atoms with Crippen LogP contribution in [-0.2, 0) is 32.6 Å². The van der Waals surface area contributed by atoms with Crippen molar-refractivity contribution in [3.63, 3.8) is 0 Å². The minimum atomic E-state index is -4.40. The highest BCUT2D eigenvalue weighted by molar-refractivity contribution is 7.85. The number of hydrogen-bond donors (Lipinski definition) is 4. The maximum atomic E-state index is 13.7. The number of carboxylic acid groups (broad SMARTS) is 1. The fourth-order valence-electron chi connectivity index (χ4n) is 12.5. The van der Waals surface area contributed by atoms with Crippen LogP contribution in [0, 0.1) is 23.2 Å². The van der Waals surface area contributed by atoms with Gasteiger partial charge < -0.3 is 20.5 Å². The summed E-state index contributed by atoms with van der Waals surface area (Å²) in [6, 6.07) is 15.5. The highest BCUT2D eigenvalue weighted by atomic mass is 32.2. The smallest absolute Gasteiger partial charge is 0.355 e. The number of ether oxygens (including phenoxy) is 1. The lowest BCUT2D eigenvalue weighted by Gasteiger charge is -2.69. The van der Waals surface area contributed by atoms with Crippen molar-refractivity contribution in [2.24, 2.45) is 22.0 Å². The number of thiazole rings is 1. The number of para-hydroxylation sites is 1. The van der Waals surface area contributed by atoms with Crippen molar-refractivity contribution in [1.29, 1.82) is 0 Å². The fourth-order valence-corrected chi connectivity index (χ4v) is 13.9. The van der Waals surface area contributed by atoms with Gasteiger partial charge in [-0.15, -0.1) is 0 Å². The van der Waals surface area contributed by atoms with E-state index in [4.69, 9.17) is 20.6 Å². The molecule has 4 bridgehead atoms. The van der Waals surface area contributed by atoms with Gasteiger partial charge in [-0.3, -0.25) is 24.2 Å². The van der Waals surface area contributed by atoms with Crippen LogP contribution < -0.4 is 16.0 Å². The molecule has 3 aromatic heterocycles. The molecule has 3 amide bonds. The van der Waals surface area contributed by atoms with Crippen molar-refractivity contribution in [3.8, 4) is 22.4 Å². The number of urea groups is 1. The molecule has 4 fully saturated rings. The molecule has 0 spiro atoms. The van der Waals surface area contributed by atoms with E-state index in [9.17, 15) is 32.5 Å². The highest BCUT2D eigenvalue weighted by Gasteiger charge is 2.66. The van der Waals surface area contributed by atoms with Crippen LogP contribution in [0.3, 0.4) is 0 Å². The Hall–Kier alpha value is -5.27. The zero-order valence-corrected chi connectivity index (χ0v) is 38.1. The average Bonchev–Trinajstić information content (AvgIpc) is 3.79. The van der Waals surface area contributed by atoms with Gasteiger partial charge in [0, 0.05) is 54.8 Å². The summed E-state index contributed by atoms with van der Waals surface area (Å²) in [5.41, 5.74) is 10.9. The molecule has 5 N–H and O–H groups in total. The zero-order chi connectivity index (χ0) is 45.4. The van der Waals surface area contributed by atoms with Gasteiger partial charge in [0.25, 0.3) is 10.1 Å². The van der Waals surface area contributed by atoms with Gasteiger partial charge in [0.2, 0.25) is 5.91 Å². The molecule has 0 saturated heterocycles. The number of nitrogens with zero attached hydrogens (tertiary/aromatic N) is 6. The molecule has 4 saturated carbocycles. The first-order valence-corrected chi connectivity index (χ1v) is 24.1. The van der Waals surface area contributed by atoms with Crippen LogP contribution in [0.25, 0.3) is 32.6 Å². The van der Waals surface area contributed by atoms with E-state index in [1.54, 1.807) is 24.2 Å². The second-order valence-electron chi connectivity index (χ2n) is 19.5. The molecule has 338 valence electrons. The number of nitrogens with one attached hydrogen (secondary N) is 1. The van der Waals surface area contributed by atoms with Crippen molar-refractivity contribution >= 4 is 60.4 Å². The first-order valence-electron chi connectivity index (χ1n) is 21.7. The van der Waals surface area contributed by atoms with Gasteiger partial charge in [0.05, 0.1) is 40.1 Å². The van der Waals surface area contributed by atoms with E-state index >= 15 is 0 Å². The van der Waals surface area contributed by atoms with E-state index < -0.39 is 39.4 Å². The number of carboxylic acids is 1. The second kappa shape index (κ2) is 16.0. The number of likely N-dealkylation sites (N-methyl/N-ethyl adjacent to an activating group) is 1. The van der Waals surface area contributed by atoms with E-state index in [-0.39, 0.29) is 41.1 Å². The van der Waals surface area contributed by atoms with Gasteiger partial charge in [0.1, 0.15) is 6.04 Å². The van der Waals surface area contributed by atoms with Gasteiger partial charge in [-0.1, -0.05) is 49.4 Å². The fraction of sp³-hybridized carbons (Fsp3) is 0.478. The van der Waals surface area contributed by atoms with Crippen LogP contribution in [0.5, 0.6) is 0 Å². The molecule has 2 aromatic carbocycles. The lowest BCUT2D eigenvalue weighted by atomic mass is 9.39. The number of hydrogen-bond acceptors (Lipinski definition) is 11. The number of amides is 3. The van der Waals surface area contributed by atoms with Gasteiger partial charge in [-0.2, -0.15) is 13.5 Å². The zero-order valence-electron chi connectivity index (χ0n) is 36.5. The molecule has 5 aromatic rings. The van der Waals surface area contributed by atoms with E-state index in [2.05, 4.69) is 24.1 Å². The largest absolute Gasteiger partial charge is 0.476 e. The Morgan fingerprint density at radius 2 is 1.75 bits per heavy atom. The number of anilines is 2. The molecule has 5 aliphatic rings. The lowest BCUT2D eigenvalue weighted by Crippen LogP contribution is -2.64.